The highest BCUT2D eigenvalue weighted by Gasteiger charge is 2.45. The van der Waals surface area contributed by atoms with Crippen molar-refractivity contribution >= 4 is 29.1 Å². The van der Waals surface area contributed by atoms with Crippen molar-refractivity contribution in [3.63, 3.8) is 0 Å². The molecule has 1 atom stereocenters. The molecule has 1 amide bonds. The Morgan fingerprint density at radius 2 is 1.79 bits per heavy atom. The van der Waals surface area contributed by atoms with Crippen LogP contribution in [0.15, 0.2) is 64.8 Å². The van der Waals surface area contributed by atoms with E-state index in [1.807, 2.05) is 48.7 Å². The van der Waals surface area contributed by atoms with Gasteiger partial charge in [-0.05, 0) is 36.6 Å². The molecule has 0 spiro atoms. The highest BCUT2D eigenvalue weighted by atomic mass is 32.2. The molecule has 2 aromatic rings. The minimum atomic E-state index is -0.751. The molecule has 5 nitrogen and oxygen atoms in total. The molecule has 0 saturated heterocycles. The van der Waals surface area contributed by atoms with Crippen LogP contribution in [0.25, 0.3) is 0 Å². The molecular formula is C22H23NO4S. The quantitative estimate of drug-likeness (QED) is 0.725. The third-order valence-electron chi connectivity index (χ3n) is 4.78. The number of nitrogens with zero attached hydrogens (tertiary/aromatic N) is 1. The van der Waals surface area contributed by atoms with E-state index in [1.54, 1.807) is 38.8 Å². The van der Waals surface area contributed by atoms with E-state index in [-0.39, 0.29) is 17.3 Å². The van der Waals surface area contributed by atoms with Gasteiger partial charge in [0.15, 0.2) is 11.5 Å². The lowest BCUT2D eigenvalue weighted by molar-refractivity contribution is -0.119. The Labute approximate surface area is 169 Å². The number of methoxy groups -OCH3 is 1. The van der Waals surface area contributed by atoms with E-state index in [9.17, 15) is 14.7 Å². The Morgan fingerprint density at radius 3 is 2.36 bits per heavy atom. The molecule has 6 heteroatoms. The summed E-state index contributed by atoms with van der Waals surface area (Å²) in [4.78, 5) is 28.4. The fourth-order valence-corrected chi connectivity index (χ4v) is 3.77. The first-order chi connectivity index (χ1) is 13.4. The second-order valence-electron chi connectivity index (χ2n) is 6.80. The number of thioether (sulfide) groups is 1. The average Bonchev–Trinajstić information content (AvgIpc) is 2.98. The van der Waals surface area contributed by atoms with E-state index in [2.05, 4.69) is 0 Å². The fourth-order valence-electron chi connectivity index (χ4n) is 3.36. The monoisotopic (exact) mass is 397 g/mol. The number of rotatable bonds is 6. The molecule has 28 heavy (non-hydrogen) atoms. The van der Waals surface area contributed by atoms with Gasteiger partial charge < -0.3 is 9.84 Å². The second-order valence-corrected chi connectivity index (χ2v) is 7.68. The first-order valence-electron chi connectivity index (χ1n) is 8.98. The van der Waals surface area contributed by atoms with Crippen molar-refractivity contribution in [3.05, 3.63) is 65.4 Å². The van der Waals surface area contributed by atoms with Crippen molar-refractivity contribution < 1.29 is 19.4 Å². The number of aliphatic hydroxyl groups is 1. The molecule has 0 radical (unpaired) electrons. The molecule has 0 fully saturated rings. The van der Waals surface area contributed by atoms with Gasteiger partial charge in [0.2, 0.25) is 0 Å². The summed E-state index contributed by atoms with van der Waals surface area (Å²) in [5.41, 5.74) is 1.37. The van der Waals surface area contributed by atoms with Gasteiger partial charge in [-0.15, -0.1) is 11.8 Å². The summed E-state index contributed by atoms with van der Waals surface area (Å²) in [5, 5.41) is 10.6. The molecule has 1 N–H and O–H groups in total. The van der Waals surface area contributed by atoms with Crippen LogP contribution in [0.4, 0.5) is 5.69 Å². The number of ketones is 1. The number of carbonyl (C=O) groups is 2. The first kappa shape index (κ1) is 20.0. The van der Waals surface area contributed by atoms with Gasteiger partial charge in [-0.3, -0.25) is 14.5 Å². The van der Waals surface area contributed by atoms with Crippen molar-refractivity contribution in [1.82, 2.24) is 0 Å². The summed E-state index contributed by atoms with van der Waals surface area (Å²) >= 11 is 1.60. The van der Waals surface area contributed by atoms with Gasteiger partial charge >= 0.3 is 0 Å². The topological polar surface area (TPSA) is 66.8 Å². The standard InChI is InChI=1S/C22H23NO4S/c1-13(2)20(24)18-19(16-7-5-6-8-17(16)27-3)23(22(26)21(18)25)14-9-11-15(28-4)12-10-14/h5-13,19,25H,1-4H3. The molecule has 0 bridgehead atoms. The minimum absolute atomic E-state index is 0.110. The lowest BCUT2D eigenvalue weighted by Crippen LogP contribution is -2.31. The zero-order valence-electron chi connectivity index (χ0n) is 16.3. The minimum Gasteiger partial charge on any atom is -0.503 e. The fraction of sp³-hybridized carbons (Fsp3) is 0.273. The maximum Gasteiger partial charge on any atom is 0.294 e. The molecule has 1 unspecified atom stereocenters. The smallest absolute Gasteiger partial charge is 0.294 e. The van der Waals surface area contributed by atoms with Crippen molar-refractivity contribution in [3.8, 4) is 5.75 Å². The number of anilines is 1. The molecule has 3 rings (SSSR count). The summed E-state index contributed by atoms with van der Waals surface area (Å²) in [6, 6.07) is 13.9. The maximum absolute atomic E-state index is 13.0. The molecule has 146 valence electrons. The van der Waals surface area contributed by atoms with Gasteiger partial charge in [0.25, 0.3) is 5.91 Å². The van der Waals surface area contributed by atoms with Crippen LogP contribution in [-0.2, 0) is 9.59 Å². The number of carbonyl (C=O) groups excluding carboxylic acids is 2. The van der Waals surface area contributed by atoms with E-state index < -0.39 is 17.7 Å². The van der Waals surface area contributed by atoms with E-state index in [0.717, 1.165) is 4.90 Å². The van der Waals surface area contributed by atoms with Gasteiger partial charge in [0.1, 0.15) is 5.75 Å². The number of Topliss-reactive ketones (excluding diaryl/α,β-unsaturated/α-hetero) is 1. The van der Waals surface area contributed by atoms with Crippen LogP contribution in [0, 0.1) is 5.92 Å². The Bertz CT molecular complexity index is 934. The number of amides is 1. The lowest BCUT2D eigenvalue weighted by Gasteiger charge is -2.28. The van der Waals surface area contributed by atoms with E-state index in [0.29, 0.717) is 17.0 Å². The molecular weight excluding hydrogens is 374 g/mol. The number of benzene rings is 2. The van der Waals surface area contributed by atoms with Crippen LogP contribution < -0.4 is 9.64 Å². The largest absolute Gasteiger partial charge is 0.503 e. The number of hydrogen-bond acceptors (Lipinski definition) is 5. The molecule has 1 heterocycles. The Kier molecular flexibility index (Phi) is 5.79. The van der Waals surface area contributed by atoms with Crippen LogP contribution in [0.1, 0.15) is 25.5 Å². The van der Waals surface area contributed by atoms with Crippen LogP contribution in [0.2, 0.25) is 0 Å². The Morgan fingerprint density at radius 1 is 1.14 bits per heavy atom. The third-order valence-corrected chi connectivity index (χ3v) is 5.53. The van der Waals surface area contributed by atoms with Crippen LogP contribution in [-0.4, -0.2) is 30.2 Å². The highest BCUT2D eigenvalue weighted by Crippen LogP contribution is 2.44. The number of para-hydroxylation sites is 1. The molecule has 2 aromatic carbocycles. The van der Waals surface area contributed by atoms with Crippen LogP contribution >= 0.6 is 11.8 Å². The van der Waals surface area contributed by atoms with Gasteiger partial charge in [-0.1, -0.05) is 32.0 Å². The highest BCUT2D eigenvalue weighted by molar-refractivity contribution is 7.98. The molecule has 1 aliphatic rings. The second kappa shape index (κ2) is 8.10. The summed E-state index contributed by atoms with van der Waals surface area (Å²) in [6.07, 6.45) is 1.97. The molecule has 1 aliphatic heterocycles. The zero-order chi connectivity index (χ0) is 20.4. The SMILES string of the molecule is COc1ccccc1C1C(C(=O)C(C)C)=C(O)C(=O)N1c1ccc(SC)cc1. The number of hydrogen-bond donors (Lipinski definition) is 1. The van der Waals surface area contributed by atoms with E-state index in [1.165, 1.54) is 4.90 Å². The third kappa shape index (κ3) is 3.40. The first-order valence-corrected chi connectivity index (χ1v) is 10.2. The summed E-state index contributed by atoms with van der Waals surface area (Å²) in [6.45, 7) is 3.50. The van der Waals surface area contributed by atoms with Crippen molar-refractivity contribution in [2.24, 2.45) is 5.92 Å². The molecule has 0 aromatic heterocycles. The van der Waals surface area contributed by atoms with Crippen molar-refractivity contribution in [2.45, 2.75) is 24.8 Å². The number of ether oxygens (including phenoxy) is 1. The predicted octanol–water partition coefficient (Wildman–Crippen LogP) is 4.54. The lowest BCUT2D eigenvalue weighted by atomic mass is 9.90. The van der Waals surface area contributed by atoms with Gasteiger partial charge in [0, 0.05) is 22.1 Å². The van der Waals surface area contributed by atoms with E-state index >= 15 is 0 Å². The molecule has 0 saturated carbocycles. The van der Waals surface area contributed by atoms with Gasteiger partial charge in [-0.25, -0.2) is 0 Å². The van der Waals surface area contributed by atoms with E-state index in [4.69, 9.17) is 4.74 Å². The van der Waals surface area contributed by atoms with Crippen LogP contribution in [0.5, 0.6) is 5.75 Å². The summed E-state index contributed by atoms with van der Waals surface area (Å²) in [7, 11) is 1.54. The van der Waals surface area contributed by atoms with Gasteiger partial charge in [-0.2, -0.15) is 0 Å². The summed E-state index contributed by atoms with van der Waals surface area (Å²) < 4.78 is 5.48. The molecule has 0 aliphatic carbocycles. The summed E-state index contributed by atoms with van der Waals surface area (Å²) in [5.74, 6) is -1.15. The maximum atomic E-state index is 13.0. The van der Waals surface area contributed by atoms with Crippen molar-refractivity contribution in [2.75, 3.05) is 18.3 Å². The zero-order valence-corrected chi connectivity index (χ0v) is 17.1. The average molecular weight is 397 g/mol. The van der Waals surface area contributed by atoms with Gasteiger partial charge in [0.05, 0.1) is 18.7 Å². The Hall–Kier alpha value is -2.73. The normalized spacial score (nSPS) is 16.8. The number of aliphatic hydroxyl groups excluding tert-OH is 1. The predicted molar refractivity (Wildman–Crippen MR) is 111 cm³/mol. The van der Waals surface area contributed by atoms with Crippen LogP contribution in [0.3, 0.4) is 0 Å². The van der Waals surface area contributed by atoms with Crippen molar-refractivity contribution in [1.29, 1.82) is 0 Å². The Balaban J connectivity index is 2.20.